The van der Waals surface area contributed by atoms with Crippen molar-refractivity contribution in [3.05, 3.63) is 35.0 Å². The van der Waals surface area contributed by atoms with Crippen molar-refractivity contribution in [2.24, 2.45) is 5.92 Å². The molecule has 10 nitrogen and oxygen atoms in total. The first-order chi connectivity index (χ1) is 19.4. The van der Waals surface area contributed by atoms with Gasteiger partial charge >= 0.3 is 12.0 Å². The second-order valence-corrected chi connectivity index (χ2v) is 11.9. The van der Waals surface area contributed by atoms with E-state index < -0.39 is 35.9 Å². The summed E-state index contributed by atoms with van der Waals surface area (Å²) >= 11 is 6.52. The Morgan fingerprint density at radius 1 is 1.02 bits per heavy atom. The van der Waals surface area contributed by atoms with Crippen molar-refractivity contribution < 1.29 is 24.3 Å². The maximum atomic E-state index is 13.7. The van der Waals surface area contributed by atoms with Crippen LogP contribution in [0.25, 0.3) is 10.9 Å². The molecule has 1 saturated heterocycles. The van der Waals surface area contributed by atoms with E-state index in [0.717, 1.165) is 36.6 Å². The van der Waals surface area contributed by atoms with Crippen LogP contribution < -0.4 is 16.0 Å². The number of nitrogens with one attached hydrogen (secondary N) is 4. The number of fused-ring (bicyclic) bond motifs is 1. The van der Waals surface area contributed by atoms with Crippen molar-refractivity contribution in [2.75, 3.05) is 0 Å². The van der Waals surface area contributed by atoms with Crippen LogP contribution in [-0.2, 0) is 20.8 Å². The van der Waals surface area contributed by atoms with Gasteiger partial charge in [-0.3, -0.25) is 9.59 Å². The van der Waals surface area contributed by atoms with Gasteiger partial charge in [0.2, 0.25) is 11.8 Å². The summed E-state index contributed by atoms with van der Waals surface area (Å²) in [5, 5.41) is 19.1. The van der Waals surface area contributed by atoms with Crippen LogP contribution in [-0.4, -0.2) is 69.0 Å². The topological polar surface area (TPSA) is 144 Å². The van der Waals surface area contributed by atoms with E-state index in [-0.39, 0.29) is 36.9 Å². The highest BCUT2D eigenvalue weighted by Gasteiger charge is 2.35. The number of carboxylic acids is 1. The van der Waals surface area contributed by atoms with Gasteiger partial charge in [-0.05, 0) is 57.1 Å². The summed E-state index contributed by atoms with van der Waals surface area (Å²) in [4.78, 5) is 57.2. The number of piperidine rings is 1. The number of likely N-dealkylation sites (tertiary alicyclic amines) is 1. The lowest BCUT2D eigenvalue weighted by Gasteiger charge is -2.40. The minimum absolute atomic E-state index is 0.0273. The zero-order valence-electron chi connectivity index (χ0n) is 24.6. The summed E-state index contributed by atoms with van der Waals surface area (Å²) in [6.45, 7) is 9.59. The second kappa shape index (κ2) is 14.6. The van der Waals surface area contributed by atoms with Crippen molar-refractivity contribution in [1.82, 2.24) is 25.8 Å². The van der Waals surface area contributed by atoms with Crippen LogP contribution in [0.15, 0.2) is 24.3 Å². The summed E-state index contributed by atoms with van der Waals surface area (Å²) in [6.07, 6.45) is 4.52. The number of urea groups is 1. The van der Waals surface area contributed by atoms with Crippen LogP contribution in [0.3, 0.4) is 0 Å². The van der Waals surface area contributed by atoms with E-state index in [4.69, 9.17) is 11.6 Å². The minimum Gasteiger partial charge on any atom is -0.480 e. The van der Waals surface area contributed by atoms with Gasteiger partial charge in [0.25, 0.3) is 0 Å². The van der Waals surface area contributed by atoms with Gasteiger partial charge in [-0.1, -0.05) is 63.4 Å². The molecule has 0 spiro atoms. The fourth-order valence-corrected chi connectivity index (χ4v) is 5.82. The summed E-state index contributed by atoms with van der Waals surface area (Å²) in [7, 11) is 0. The number of rotatable bonds is 12. The molecular formula is C30H44ClN5O5. The van der Waals surface area contributed by atoms with Gasteiger partial charge in [0, 0.05) is 29.4 Å². The molecule has 2 heterocycles. The molecule has 1 aliphatic rings. The molecule has 5 atom stereocenters. The maximum Gasteiger partial charge on any atom is 0.326 e. The van der Waals surface area contributed by atoms with Crippen LogP contribution in [0, 0.1) is 5.92 Å². The van der Waals surface area contributed by atoms with Crippen LogP contribution >= 0.6 is 11.6 Å². The van der Waals surface area contributed by atoms with Crippen molar-refractivity contribution >= 4 is 46.3 Å². The fraction of sp³-hybridized carbons (Fsp3) is 0.600. The third kappa shape index (κ3) is 8.15. The first-order valence-electron chi connectivity index (χ1n) is 14.6. The number of para-hydroxylation sites is 1. The number of benzene rings is 1. The lowest BCUT2D eigenvalue weighted by atomic mass is 9.97. The highest BCUT2D eigenvalue weighted by Crippen LogP contribution is 2.27. The van der Waals surface area contributed by atoms with Gasteiger partial charge in [-0.15, -0.1) is 0 Å². The SMILES string of the molecule is CCCCC(NC(=O)[C@@H](Cc1c(Cl)[nH]c2ccccc12)NC(=O)C(NC(=O)N1[C@H](C)CCC[C@@H]1C)C(C)C)C(=O)O. The lowest BCUT2D eigenvalue weighted by Crippen LogP contribution is -2.60. The molecule has 226 valence electrons. The Morgan fingerprint density at radius 3 is 2.27 bits per heavy atom. The van der Waals surface area contributed by atoms with E-state index in [1.807, 2.05) is 58.9 Å². The molecule has 1 aromatic heterocycles. The quantitative estimate of drug-likeness (QED) is 0.246. The predicted molar refractivity (Wildman–Crippen MR) is 160 cm³/mol. The number of amides is 4. The molecule has 1 aromatic carbocycles. The third-order valence-corrected chi connectivity index (χ3v) is 8.24. The van der Waals surface area contributed by atoms with E-state index in [9.17, 15) is 24.3 Å². The number of H-pyrrole nitrogens is 1. The van der Waals surface area contributed by atoms with Crippen LogP contribution in [0.5, 0.6) is 0 Å². The Kier molecular flexibility index (Phi) is 11.5. The van der Waals surface area contributed by atoms with Gasteiger partial charge in [0.05, 0.1) is 0 Å². The van der Waals surface area contributed by atoms with E-state index in [2.05, 4.69) is 20.9 Å². The van der Waals surface area contributed by atoms with Gasteiger partial charge in [-0.25, -0.2) is 9.59 Å². The molecule has 0 bridgehead atoms. The number of aliphatic carboxylic acids is 1. The highest BCUT2D eigenvalue weighted by atomic mass is 35.5. The number of carboxylic acid groups (broad SMARTS) is 1. The number of hydrogen-bond acceptors (Lipinski definition) is 4. The molecule has 3 rings (SSSR count). The minimum atomic E-state index is -1.14. The molecule has 1 fully saturated rings. The number of aromatic amines is 1. The third-order valence-electron chi connectivity index (χ3n) is 7.92. The standard InChI is InChI=1S/C30H44ClN5O5/c1-6-7-14-23(29(39)40)33-27(37)24(16-21-20-13-8-9-15-22(20)32-26(21)31)34-28(38)25(17(2)3)35-30(41)36-18(4)11-10-12-19(36)5/h8-9,13,15,17-19,23-25,32H,6-7,10-12,14,16H2,1-5H3,(H,33,37)(H,34,38)(H,35,41)(H,39,40)/t18-,19+,23?,24-,25?/m1/s1. The number of carbonyl (C=O) groups excluding carboxylic acids is 3. The van der Waals surface area contributed by atoms with Crippen LogP contribution in [0.2, 0.25) is 5.15 Å². The molecule has 2 aromatic rings. The molecular weight excluding hydrogens is 546 g/mol. The molecule has 0 aliphatic carbocycles. The number of aromatic nitrogens is 1. The molecule has 5 N–H and O–H groups in total. The lowest BCUT2D eigenvalue weighted by molar-refractivity contribution is -0.142. The largest absolute Gasteiger partial charge is 0.480 e. The van der Waals surface area contributed by atoms with Crippen LogP contribution in [0.4, 0.5) is 4.79 Å². The number of hydrogen-bond donors (Lipinski definition) is 5. The van der Waals surface area contributed by atoms with E-state index in [0.29, 0.717) is 17.1 Å². The maximum absolute atomic E-state index is 13.7. The van der Waals surface area contributed by atoms with Crippen molar-refractivity contribution in [3.63, 3.8) is 0 Å². The Bertz CT molecular complexity index is 1220. The molecule has 0 saturated carbocycles. The van der Waals surface area contributed by atoms with Crippen molar-refractivity contribution in [2.45, 2.75) is 110 Å². The predicted octanol–water partition coefficient (Wildman–Crippen LogP) is 4.61. The monoisotopic (exact) mass is 589 g/mol. The van der Waals surface area contributed by atoms with Crippen molar-refractivity contribution in [3.8, 4) is 0 Å². The zero-order chi connectivity index (χ0) is 30.3. The number of carbonyl (C=O) groups is 4. The Morgan fingerprint density at radius 2 is 1.66 bits per heavy atom. The Labute approximate surface area is 246 Å². The molecule has 4 amide bonds. The Balaban J connectivity index is 1.87. The number of halogens is 1. The summed E-state index contributed by atoms with van der Waals surface area (Å²) < 4.78 is 0. The van der Waals surface area contributed by atoms with Gasteiger partial charge < -0.3 is 30.9 Å². The molecule has 2 unspecified atom stereocenters. The number of unbranched alkanes of at least 4 members (excludes halogenated alkanes) is 1. The number of nitrogens with zero attached hydrogens (tertiary/aromatic N) is 1. The van der Waals surface area contributed by atoms with Gasteiger partial charge in [0.1, 0.15) is 23.3 Å². The van der Waals surface area contributed by atoms with E-state index >= 15 is 0 Å². The smallest absolute Gasteiger partial charge is 0.326 e. The highest BCUT2D eigenvalue weighted by molar-refractivity contribution is 6.31. The Hall–Kier alpha value is -3.27. The van der Waals surface area contributed by atoms with Gasteiger partial charge in [-0.2, -0.15) is 0 Å². The molecule has 41 heavy (non-hydrogen) atoms. The molecule has 11 heteroatoms. The molecule has 0 radical (unpaired) electrons. The zero-order valence-corrected chi connectivity index (χ0v) is 25.4. The average molecular weight is 590 g/mol. The summed E-state index contributed by atoms with van der Waals surface area (Å²) in [5.74, 6) is -2.57. The van der Waals surface area contributed by atoms with Gasteiger partial charge in [0.15, 0.2) is 0 Å². The van der Waals surface area contributed by atoms with E-state index in [1.165, 1.54) is 0 Å². The fourth-order valence-electron chi connectivity index (χ4n) is 5.54. The van der Waals surface area contributed by atoms with Crippen molar-refractivity contribution in [1.29, 1.82) is 0 Å². The summed E-state index contributed by atoms with van der Waals surface area (Å²) in [6, 6.07) is 4.08. The summed E-state index contributed by atoms with van der Waals surface area (Å²) in [5.41, 5.74) is 1.41. The van der Waals surface area contributed by atoms with E-state index in [1.54, 1.807) is 4.90 Å². The average Bonchev–Trinajstić information content (AvgIpc) is 3.23. The first-order valence-corrected chi connectivity index (χ1v) is 15.0. The molecule has 1 aliphatic heterocycles. The van der Waals surface area contributed by atoms with Crippen LogP contribution in [0.1, 0.15) is 78.7 Å². The first kappa shape index (κ1) is 32.2. The normalized spacial score (nSPS) is 19.4. The second-order valence-electron chi connectivity index (χ2n) is 11.5.